The second-order valence-corrected chi connectivity index (χ2v) is 8.45. The van der Waals surface area contributed by atoms with Crippen molar-refractivity contribution in [1.82, 2.24) is 19.8 Å². The molecule has 0 unspecified atom stereocenters. The number of sulfonamides is 1. The third-order valence-electron chi connectivity index (χ3n) is 4.43. The average molecular weight is 378 g/mol. The van der Waals surface area contributed by atoms with E-state index >= 15 is 0 Å². The normalized spacial score (nSPS) is 18.6. The van der Waals surface area contributed by atoms with E-state index in [2.05, 4.69) is 15.5 Å². The van der Waals surface area contributed by atoms with Crippen molar-refractivity contribution in [3.63, 3.8) is 0 Å². The summed E-state index contributed by atoms with van der Waals surface area (Å²) in [5.41, 5.74) is 0.835. The Morgan fingerprint density at radius 3 is 2.85 bits per heavy atom. The molecule has 140 valence electrons. The number of amides is 1. The minimum Gasteiger partial charge on any atom is -0.347 e. The van der Waals surface area contributed by atoms with Gasteiger partial charge in [-0.25, -0.2) is 12.7 Å². The molecule has 9 heteroatoms. The lowest BCUT2D eigenvalue weighted by molar-refractivity contribution is -0.126. The second kappa shape index (κ2) is 7.96. The quantitative estimate of drug-likeness (QED) is 0.815. The number of carbonyl (C=O) groups is 1. The second-order valence-electron chi connectivity index (χ2n) is 6.19. The molecule has 1 aliphatic rings. The summed E-state index contributed by atoms with van der Waals surface area (Å²) in [5, 5.41) is 6.67. The number of piperidine rings is 1. The molecule has 8 nitrogen and oxygen atoms in total. The van der Waals surface area contributed by atoms with Crippen molar-refractivity contribution >= 4 is 15.9 Å². The van der Waals surface area contributed by atoms with Crippen LogP contribution >= 0.6 is 0 Å². The van der Waals surface area contributed by atoms with Crippen molar-refractivity contribution in [3.05, 3.63) is 36.2 Å². The molecular formula is C17H22N4O4S. The van der Waals surface area contributed by atoms with Crippen LogP contribution in [0.15, 0.2) is 34.9 Å². The van der Waals surface area contributed by atoms with E-state index in [4.69, 9.17) is 4.52 Å². The van der Waals surface area contributed by atoms with Gasteiger partial charge >= 0.3 is 0 Å². The first-order chi connectivity index (χ1) is 12.5. The van der Waals surface area contributed by atoms with Gasteiger partial charge in [-0.3, -0.25) is 4.79 Å². The Bertz CT molecular complexity index is 851. The van der Waals surface area contributed by atoms with E-state index in [1.807, 2.05) is 30.3 Å². The Hall–Kier alpha value is -2.26. The summed E-state index contributed by atoms with van der Waals surface area (Å²) >= 11 is 0. The first-order valence-corrected chi connectivity index (χ1v) is 10.2. The largest absolute Gasteiger partial charge is 0.347 e. The molecule has 1 amide bonds. The zero-order valence-corrected chi connectivity index (χ0v) is 15.4. The minimum atomic E-state index is -3.27. The molecule has 1 atom stereocenters. The van der Waals surface area contributed by atoms with Crippen molar-refractivity contribution < 1.29 is 17.7 Å². The van der Waals surface area contributed by atoms with Crippen molar-refractivity contribution in [2.75, 3.05) is 18.8 Å². The fourth-order valence-electron chi connectivity index (χ4n) is 2.93. The van der Waals surface area contributed by atoms with E-state index in [1.165, 1.54) is 4.31 Å². The van der Waals surface area contributed by atoms with E-state index in [1.54, 1.807) is 6.92 Å². The van der Waals surface area contributed by atoms with Crippen LogP contribution < -0.4 is 5.32 Å². The van der Waals surface area contributed by atoms with Gasteiger partial charge in [0.25, 0.3) is 0 Å². The van der Waals surface area contributed by atoms with Gasteiger partial charge in [0.15, 0.2) is 0 Å². The zero-order valence-electron chi connectivity index (χ0n) is 14.6. The zero-order chi connectivity index (χ0) is 18.6. The highest BCUT2D eigenvalue weighted by atomic mass is 32.2. The minimum absolute atomic E-state index is 0.0472. The predicted molar refractivity (Wildman–Crippen MR) is 95.3 cm³/mol. The van der Waals surface area contributed by atoms with Crippen LogP contribution in [0.25, 0.3) is 11.4 Å². The summed E-state index contributed by atoms with van der Waals surface area (Å²) in [6.45, 7) is 2.43. The standard InChI is InChI=1S/C17H22N4O4S/c1-2-26(23,24)21-10-6-9-14(12-21)17(22)18-11-15-19-16(20-25-15)13-7-4-3-5-8-13/h3-5,7-8,14H,2,6,9-12H2,1H3,(H,18,22)/t14-/m1/s1. The van der Waals surface area contributed by atoms with Crippen LogP contribution in [0, 0.1) is 5.92 Å². The summed E-state index contributed by atoms with van der Waals surface area (Å²) in [4.78, 5) is 16.7. The van der Waals surface area contributed by atoms with Crippen LogP contribution in [0.1, 0.15) is 25.7 Å². The van der Waals surface area contributed by atoms with Crippen LogP contribution in [0.5, 0.6) is 0 Å². The SMILES string of the molecule is CCS(=O)(=O)N1CCC[C@@H](C(=O)NCc2nc(-c3ccccc3)no2)C1. The maximum Gasteiger partial charge on any atom is 0.246 e. The highest BCUT2D eigenvalue weighted by molar-refractivity contribution is 7.89. The topological polar surface area (TPSA) is 105 Å². The molecule has 2 aromatic rings. The van der Waals surface area contributed by atoms with Crippen molar-refractivity contribution in [2.45, 2.75) is 26.3 Å². The molecule has 1 aliphatic heterocycles. The van der Waals surface area contributed by atoms with Gasteiger partial charge in [0.1, 0.15) is 0 Å². The predicted octanol–water partition coefficient (Wildman–Crippen LogP) is 1.41. The lowest BCUT2D eigenvalue weighted by atomic mass is 9.99. The van der Waals surface area contributed by atoms with Crippen LogP contribution in [0.3, 0.4) is 0 Å². The number of benzene rings is 1. The van der Waals surface area contributed by atoms with E-state index in [0.717, 1.165) is 5.56 Å². The molecule has 1 aromatic carbocycles. The van der Waals surface area contributed by atoms with E-state index in [-0.39, 0.29) is 30.7 Å². The van der Waals surface area contributed by atoms with Gasteiger partial charge in [0, 0.05) is 18.7 Å². The fraction of sp³-hybridized carbons (Fsp3) is 0.471. The molecule has 26 heavy (non-hydrogen) atoms. The van der Waals surface area contributed by atoms with Crippen molar-refractivity contribution in [3.8, 4) is 11.4 Å². The van der Waals surface area contributed by atoms with Crippen LogP contribution in [0.4, 0.5) is 0 Å². The third kappa shape index (κ3) is 4.28. The Kier molecular flexibility index (Phi) is 5.67. The number of hydrogen-bond donors (Lipinski definition) is 1. The Morgan fingerprint density at radius 2 is 2.12 bits per heavy atom. The lowest BCUT2D eigenvalue weighted by Crippen LogP contribution is -2.45. The van der Waals surface area contributed by atoms with E-state index in [9.17, 15) is 13.2 Å². The van der Waals surface area contributed by atoms with Gasteiger partial charge < -0.3 is 9.84 Å². The number of hydrogen-bond acceptors (Lipinski definition) is 6. The average Bonchev–Trinajstić information content (AvgIpc) is 3.16. The summed E-state index contributed by atoms with van der Waals surface area (Å²) in [6.07, 6.45) is 1.34. The van der Waals surface area contributed by atoms with Crippen molar-refractivity contribution in [2.24, 2.45) is 5.92 Å². The highest BCUT2D eigenvalue weighted by Crippen LogP contribution is 2.20. The Balaban J connectivity index is 1.57. The molecular weight excluding hydrogens is 356 g/mol. The van der Waals surface area contributed by atoms with Crippen LogP contribution in [-0.4, -0.2) is 47.6 Å². The van der Waals surface area contributed by atoms with E-state index in [0.29, 0.717) is 31.1 Å². The molecule has 1 aromatic heterocycles. The number of aromatic nitrogens is 2. The maximum absolute atomic E-state index is 12.4. The smallest absolute Gasteiger partial charge is 0.246 e. The van der Waals surface area contributed by atoms with E-state index < -0.39 is 10.0 Å². The fourth-order valence-corrected chi connectivity index (χ4v) is 4.11. The molecule has 0 aliphatic carbocycles. The lowest BCUT2D eigenvalue weighted by Gasteiger charge is -2.30. The number of nitrogens with one attached hydrogen (secondary N) is 1. The third-order valence-corrected chi connectivity index (χ3v) is 6.28. The van der Waals surface area contributed by atoms with Crippen molar-refractivity contribution in [1.29, 1.82) is 0 Å². The monoisotopic (exact) mass is 378 g/mol. The van der Waals surface area contributed by atoms with Gasteiger partial charge in [0.05, 0.1) is 18.2 Å². The van der Waals surface area contributed by atoms with Gasteiger partial charge in [-0.1, -0.05) is 35.5 Å². The number of carbonyl (C=O) groups excluding carboxylic acids is 1. The Labute approximate surface area is 152 Å². The van der Waals surface area contributed by atoms with Crippen LogP contribution in [-0.2, 0) is 21.4 Å². The van der Waals surface area contributed by atoms with Gasteiger partial charge in [-0.05, 0) is 19.8 Å². The Morgan fingerprint density at radius 1 is 1.35 bits per heavy atom. The molecule has 0 saturated carbocycles. The maximum atomic E-state index is 12.4. The summed E-state index contributed by atoms with van der Waals surface area (Å²) < 4.78 is 30.6. The first-order valence-electron chi connectivity index (χ1n) is 8.63. The van der Waals surface area contributed by atoms with Gasteiger partial charge in [-0.2, -0.15) is 4.98 Å². The molecule has 1 saturated heterocycles. The molecule has 3 rings (SSSR count). The molecule has 1 fully saturated rings. The highest BCUT2D eigenvalue weighted by Gasteiger charge is 2.31. The molecule has 0 spiro atoms. The molecule has 1 N–H and O–H groups in total. The van der Waals surface area contributed by atoms with Gasteiger partial charge in [-0.15, -0.1) is 0 Å². The van der Waals surface area contributed by atoms with Crippen LogP contribution in [0.2, 0.25) is 0 Å². The molecule has 2 heterocycles. The molecule has 0 radical (unpaired) electrons. The summed E-state index contributed by atoms with van der Waals surface area (Å²) in [5.74, 6) is 0.270. The van der Waals surface area contributed by atoms with Gasteiger partial charge in [0.2, 0.25) is 27.6 Å². The molecule has 0 bridgehead atoms. The number of nitrogens with zero attached hydrogens (tertiary/aromatic N) is 3. The number of rotatable bonds is 6. The first kappa shape index (κ1) is 18.5. The summed E-state index contributed by atoms with van der Waals surface area (Å²) in [7, 11) is -3.27. The summed E-state index contributed by atoms with van der Waals surface area (Å²) in [6, 6.07) is 9.41.